The number of hydrogen-bond donors (Lipinski definition) is 2. The molecule has 0 aliphatic carbocycles. The third kappa shape index (κ3) is 2.70. The number of nitrogens with one attached hydrogen (secondary N) is 2. The molecular formula is C14H20N4O. The number of imidazole rings is 1. The maximum Gasteiger partial charge on any atom is 0.253 e. The molecule has 2 aromatic rings. The van der Waals surface area contributed by atoms with E-state index < -0.39 is 0 Å². The molecule has 0 aromatic carbocycles. The molecule has 5 nitrogen and oxygen atoms in total. The Morgan fingerprint density at radius 3 is 2.74 bits per heavy atom. The average Bonchev–Trinajstić information content (AvgIpc) is 2.94. The topological polar surface area (TPSA) is 62.7 Å². The molecule has 5 heteroatoms. The molecule has 2 rings (SSSR count). The summed E-state index contributed by atoms with van der Waals surface area (Å²) < 4.78 is 1.94. The van der Waals surface area contributed by atoms with Gasteiger partial charge in [-0.1, -0.05) is 6.92 Å². The van der Waals surface area contributed by atoms with Gasteiger partial charge in [-0.3, -0.25) is 4.79 Å². The summed E-state index contributed by atoms with van der Waals surface area (Å²) in [4.78, 5) is 19.7. The molecule has 19 heavy (non-hydrogen) atoms. The van der Waals surface area contributed by atoms with Crippen molar-refractivity contribution in [2.24, 2.45) is 7.05 Å². The number of aryl methyl sites for hydroxylation is 2. The summed E-state index contributed by atoms with van der Waals surface area (Å²) in [6.07, 6.45) is 4.46. The Morgan fingerprint density at radius 2 is 2.26 bits per heavy atom. The van der Waals surface area contributed by atoms with E-state index in [2.05, 4.69) is 15.3 Å². The molecule has 0 spiro atoms. The summed E-state index contributed by atoms with van der Waals surface area (Å²) in [5.74, 6) is 0.751. The predicted molar refractivity (Wildman–Crippen MR) is 74.0 cm³/mol. The van der Waals surface area contributed by atoms with Gasteiger partial charge in [0.2, 0.25) is 0 Å². The lowest BCUT2D eigenvalue weighted by molar-refractivity contribution is 0.0933. The van der Waals surface area contributed by atoms with E-state index in [0.717, 1.165) is 23.6 Å². The third-order valence-electron chi connectivity index (χ3n) is 3.39. The van der Waals surface area contributed by atoms with Crippen molar-refractivity contribution >= 4 is 5.91 Å². The molecule has 1 atom stereocenters. The summed E-state index contributed by atoms with van der Waals surface area (Å²) in [6, 6.07) is 1.76. The van der Waals surface area contributed by atoms with Gasteiger partial charge >= 0.3 is 0 Å². The minimum absolute atomic E-state index is 0.0565. The second kappa shape index (κ2) is 5.30. The first kappa shape index (κ1) is 13.4. The molecule has 2 heterocycles. The number of H-pyrrole nitrogens is 1. The van der Waals surface area contributed by atoms with E-state index >= 15 is 0 Å². The number of hydrogen-bond acceptors (Lipinski definition) is 2. The van der Waals surface area contributed by atoms with Crippen LogP contribution in [0.4, 0.5) is 0 Å². The quantitative estimate of drug-likeness (QED) is 0.885. The van der Waals surface area contributed by atoms with Crippen molar-refractivity contribution in [1.82, 2.24) is 19.9 Å². The van der Waals surface area contributed by atoms with Crippen LogP contribution in [0, 0.1) is 13.8 Å². The predicted octanol–water partition coefficient (Wildman–Crippen LogP) is 2.25. The van der Waals surface area contributed by atoms with Gasteiger partial charge in [-0.25, -0.2) is 4.98 Å². The van der Waals surface area contributed by atoms with E-state index in [0.29, 0.717) is 5.56 Å². The van der Waals surface area contributed by atoms with Crippen LogP contribution < -0.4 is 5.32 Å². The normalized spacial score (nSPS) is 12.4. The van der Waals surface area contributed by atoms with Gasteiger partial charge < -0.3 is 14.9 Å². The number of aromatic amines is 1. The molecule has 0 aliphatic rings. The Morgan fingerprint density at radius 1 is 1.53 bits per heavy atom. The minimum atomic E-state index is -0.0826. The first-order valence-corrected chi connectivity index (χ1v) is 6.47. The second-order valence-corrected chi connectivity index (χ2v) is 4.81. The second-order valence-electron chi connectivity index (χ2n) is 4.81. The first-order chi connectivity index (χ1) is 9.02. The van der Waals surface area contributed by atoms with Crippen LogP contribution >= 0.6 is 0 Å². The van der Waals surface area contributed by atoms with Crippen molar-refractivity contribution in [2.45, 2.75) is 33.2 Å². The lowest BCUT2D eigenvalue weighted by Crippen LogP contribution is -2.29. The van der Waals surface area contributed by atoms with Gasteiger partial charge in [-0.15, -0.1) is 0 Å². The van der Waals surface area contributed by atoms with Gasteiger partial charge in [0, 0.05) is 30.8 Å². The number of aromatic nitrogens is 3. The van der Waals surface area contributed by atoms with E-state index in [1.54, 1.807) is 6.20 Å². The summed E-state index contributed by atoms with van der Waals surface area (Å²) in [7, 11) is 1.93. The van der Waals surface area contributed by atoms with Crippen LogP contribution in [0.15, 0.2) is 18.5 Å². The van der Waals surface area contributed by atoms with Crippen molar-refractivity contribution in [3.05, 3.63) is 41.2 Å². The van der Waals surface area contributed by atoms with Crippen molar-refractivity contribution in [1.29, 1.82) is 0 Å². The number of carbonyl (C=O) groups is 1. The zero-order chi connectivity index (χ0) is 14.0. The van der Waals surface area contributed by atoms with Gasteiger partial charge in [0.05, 0.1) is 11.6 Å². The summed E-state index contributed by atoms with van der Waals surface area (Å²) in [5, 5.41) is 3.02. The van der Waals surface area contributed by atoms with Gasteiger partial charge in [0.1, 0.15) is 5.82 Å². The Hall–Kier alpha value is -2.04. The van der Waals surface area contributed by atoms with Crippen LogP contribution in [-0.2, 0) is 7.05 Å². The van der Waals surface area contributed by atoms with Crippen LogP contribution in [0.25, 0.3) is 0 Å². The van der Waals surface area contributed by atoms with Crippen molar-refractivity contribution in [3.8, 4) is 0 Å². The zero-order valence-electron chi connectivity index (χ0n) is 11.8. The maximum atomic E-state index is 12.3. The van der Waals surface area contributed by atoms with Gasteiger partial charge in [0.25, 0.3) is 5.91 Å². The maximum absolute atomic E-state index is 12.3. The van der Waals surface area contributed by atoms with Crippen molar-refractivity contribution < 1.29 is 4.79 Å². The molecule has 1 amide bonds. The number of amides is 1. The van der Waals surface area contributed by atoms with E-state index in [4.69, 9.17) is 0 Å². The summed E-state index contributed by atoms with van der Waals surface area (Å²) in [6.45, 7) is 5.92. The van der Waals surface area contributed by atoms with E-state index in [-0.39, 0.29) is 11.9 Å². The highest BCUT2D eigenvalue weighted by Crippen LogP contribution is 2.15. The largest absolute Gasteiger partial charge is 0.354 e. The molecule has 102 valence electrons. The molecular weight excluding hydrogens is 240 g/mol. The fraction of sp³-hybridized carbons (Fsp3) is 0.429. The molecule has 2 N–H and O–H groups in total. The highest BCUT2D eigenvalue weighted by atomic mass is 16.1. The number of carbonyl (C=O) groups excluding carboxylic acids is 1. The van der Waals surface area contributed by atoms with Crippen LogP contribution in [0.3, 0.4) is 0 Å². The number of rotatable bonds is 4. The lowest BCUT2D eigenvalue weighted by Gasteiger charge is -2.14. The SMILES string of the molecule is CC[C@@H](NC(=O)c1ccn(C)c1C)c1ncc(C)[nH]1. The Labute approximate surface area is 113 Å². The molecule has 0 fully saturated rings. The lowest BCUT2D eigenvalue weighted by atomic mass is 10.1. The monoisotopic (exact) mass is 260 g/mol. The van der Waals surface area contributed by atoms with E-state index in [1.807, 2.05) is 44.6 Å². The van der Waals surface area contributed by atoms with Gasteiger partial charge in [-0.2, -0.15) is 0 Å². The Balaban J connectivity index is 2.15. The van der Waals surface area contributed by atoms with Crippen LogP contribution in [0.5, 0.6) is 0 Å². The third-order valence-corrected chi connectivity index (χ3v) is 3.39. The first-order valence-electron chi connectivity index (χ1n) is 6.47. The van der Waals surface area contributed by atoms with E-state index in [1.165, 1.54) is 0 Å². The van der Waals surface area contributed by atoms with Crippen LogP contribution in [0.2, 0.25) is 0 Å². The Bertz CT molecular complexity index is 582. The fourth-order valence-electron chi connectivity index (χ4n) is 2.06. The van der Waals surface area contributed by atoms with Crippen molar-refractivity contribution in [3.63, 3.8) is 0 Å². The summed E-state index contributed by atoms with van der Waals surface area (Å²) >= 11 is 0. The molecule has 0 unspecified atom stereocenters. The fourth-order valence-corrected chi connectivity index (χ4v) is 2.06. The number of nitrogens with zero attached hydrogens (tertiary/aromatic N) is 2. The molecule has 0 saturated heterocycles. The summed E-state index contributed by atoms with van der Waals surface area (Å²) in [5.41, 5.74) is 2.67. The van der Waals surface area contributed by atoms with Gasteiger partial charge in [-0.05, 0) is 26.3 Å². The average molecular weight is 260 g/mol. The van der Waals surface area contributed by atoms with Crippen molar-refractivity contribution in [2.75, 3.05) is 0 Å². The smallest absolute Gasteiger partial charge is 0.253 e. The molecule has 2 aromatic heterocycles. The highest BCUT2D eigenvalue weighted by molar-refractivity contribution is 5.95. The highest BCUT2D eigenvalue weighted by Gasteiger charge is 2.18. The molecule has 0 radical (unpaired) electrons. The van der Waals surface area contributed by atoms with Crippen LogP contribution in [0.1, 0.15) is 47.0 Å². The standard InChI is InChI=1S/C14H20N4O/c1-5-12(13-15-8-9(2)16-13)17-14(19)11-6-7-18(4)10(11)3/h6-8,12H,5H2,1-4H3,(H,15,16)(H,17,19)/t12-/m1/s1. The Kier molecular flexibility index (Phi) is 3.74. The van der Waals surface area contributed by atoms with Crippen LogP contribution in [-0.4, -0.2) is 20.4 Å². The molecule has 0 bridgehead atoms. The molecule has 0 saturated carbocycles. The van der Waals surface area contributed by atoms with E-state index in [9.17, 15) is 4.79 Å². The van der Waals surface area contributed by atoms with Gasteiger partial charge in [0.15, 0.2) is 0 Å². The minimum Gasteiger partial charge on any atom is -0.354 e. The zero-order valence-corrected chi connectivity index (χ0v) is 11.8. The molecule has 0 aliphatic heterocycles.